The molecule has 0 unspecified atom stereocenters. The van der Waals surface area contributed by atoms with E-state index in [-0.39, 0.29) is 0 Å². The fourth-order valence-electron chi connectivity index (χ4n) is 2.26. The van der Waals surface area contributed by atoms with Crippen molar-refractivity contribution >= 4 is 22.6 Å². The third-order valence-electron chi connectivity index (χ3n) is 3.29. The number of aryl methyl sites for hydroxylation is 1. The highest BCUT2D eigenvalue weighted by Crippen LogP contribution is 2.32. The number of alkyl halides is 3. The van der Waals surface area contributed by atoms with Crippen molar-refractivity contribution in [2.75, 3.05) is 0 Å². The molecule has 0 N–H and O–H groups in total. The molecule has 0 aliphatic heterocycles. The first-order valence-corrected chi connectivity index (χ1v) is 6.53. The molecule has 0 fully saturated rings. The zero-order chi connectivity index (χ0) is 15.2. The van der Waals surface area contributed by atoms with Gasteiger partial charge >= 0.3 is 6.18 Å². The van der Waals surface area contributed by atoms with Gasteiger partial charge in [0.25, 0.3) is 0 Å². The van der Waals surface area contributed by atoms with Crippen LogP contribution in [0.5, 0.6) is 0 Å². The highest BCUT2D eigenvalue weighted by atomic mass is 35.5. The lowest BCUT2D eigenvalue weighted by Crippen LogP contribution is -2.05. The lowest BCUT2D eigenvalue weighted by Gasteiger charge is -2.08. The smallest absolute Gasteiger partial charge is 0.327 e. The minimum atomic E-state index is -4.37. The highest BCUT2D eigenvalue weighted by Gasteiger charge is 2.30. The molecule has 2 nitrogen and oxygen atoms in total. The number of halogens is 4. The van der Waals surface area contributed by atoms with Crippen LogP contribution in [0.3, 0.4) is 0 Å². The highest BCUT2D eigenvalue weighted by molar-refractivity contribution is 6.31. The Morgan fingerprint density at radius 3 is 2.57 bits per heavy atom. The van der Waals surface area contributed by atoms with Crippen molar-refractivity contribution in [2.45, 2.75) is 6.18 Å². The van der Waals surface area contributed by atoms with Gasteiger partial charge in [0, 0.05) is 17.6 Å². The molecule has 0 amide bonds. The number of benzene rings is 2. The molecule has 3 aromatic rings. The Kier molecular flexibility index (Phi) is 3.17. The number of nitrogens with zero attached hydrogens (tertiary/aromatic N) is 2. The van der Waals surface area contributed by atoms with Gasteiger partial charge in [-0.25, -0.2) is 4.98 Å². The maximum absolute atomic E-state index is 12.8. The van der Waals surface area contributed by atoms with E-state index in [1.165, 1.54) is 6.07 Å². The average Bonchev–Trinajstić information content (AvgIpc) is 2.75. The Hall–Kier alpha value is -2.01. The summed E-state index contributed by atoms with van der Waals surface area (Å²) in [5, 5.41) is 0.557. The van der Waals surface area contributed by atoms with Crippen molar-refractivity contribution in [2.24, 2.45) is 7.05 Å². The number of rotatable bonds is 1. The van der Waals surface area contributed by atoms with Gasteiger partial charge in [0.1, 0.15) is 5.82 Å². The second-order valence-electron chi connectivity index (χ2n) is 4.71. The van der Waals surface area contributed by atoms with Crippen LogP contribution in [0.1, 0.15) is 5.56 Å². The Labute approximate surface area is 123 Å². The van der Waals surface area contributed by atoms with E-state index in [0.29, 0.717) is 21.9 Å². The van der Waals surface area contributed by atoms with E-state index in [0.717, 1.165) is 17.6 Å². The van der Waals surface area contributed by atoms with Crippen molar-refractivity contribution in [1.29, 1.82) is 0 Å². The molecule has 0 bridgehead atoms. The average molecular weight is 311 g/mol. The van der Waals surface area contributed by atoms with Crippen molar-refractivity contribution in [3.63, 3.8) is 0 Å². The van der Waals surface area contributed by atoms with Crippen LogP contribution < -0.4 is 0 Å². The summed E-state index contributed by atoms with van der Waals surface area (Å²) < 4.78 is 40.1. The van der Waals surface area contributed by atoms with Crippen LogP contribution in [0.4, 0.5) is 13.2 Å². The molecule has 6 heteroatoms. The Morgan fingerprint density at radius 2 is 1.86 bits per heavy atom. The summed E-state index contributed by atoms with van der Waals surface area (Å²) in [4.78, 5) is 4.38. The molecule has 0 saturated carbocycles. The van der Waals surface area contributed by atoms with Crippen molar-refractivity contribution in [3.05, 3.63) is 53.1 Å². The van der Waals surface area contributed by atoms with Gasteiger partial charge in [-0.15, -0.1) is 0 Å². The molecule has 0 saturated heterocycles. The van der Waals surface area contributed by atoms with Gasteiger partial charge in [0.05, 0.1) is 16.6 Å². The third kappa shape index (κ3) is 2.49. The molecule has 21 heavy (non-hydrogen) atoms. The van der Waals surface area contributed by atoms with Crippen molar-refractivity contribution < 1.29 is 13.2 Å². The van der Waals surface area contributed by atoms with Gasteiger partial charge in [-0.1, -0.05) is 23.7 Å². The van der Waals surface area contributed by atoms with E-state index in [1.807, 2.05) is 0 Å². The minimum Gasteiger partial charge on any atom is -0.327 e. The molecule has 108 valence electrons. The molecular formula is C15H10ClF3N2. The molecule has 2 aromatic carbocycles. The standard InChI is InChI=1S/C15H10ClF3N2/c1-21-13-8-11(16)5-6-12(13)20-14(21)9-3-2-4-10(7-9)15(17,18)19/h2-8H,1H3. The first-order chi connectivity index (χ1) is 9.86. The molecule has 0 aliphatic carbocycles. The van der Waals surface area contributed by atoms with Crippen LogP contribution in [0, 0.1) is 0 Å². The maximum Gasteiger partial charge on any atom is 0.416 e. The lowest BCUT2D eigenvalue weighted by molar-refractivity contribution is -0.137. The monoisotopic (exact) mass is 310 g/mol. The van der Waals surface area contributed by atoms with Crippen LogP contribution in [0.25, 0.3) is 22.4 Å². The predicted molar refractivity (Wildman–Crippen MR) is 76.2 cm³/mol. The molecule has 1 heterocycles. The van der Waals surface area contributed by atoms with Gasteiger partial charge < -0.3 is 4.57 Å². The molecule has 0 aliphatic rings. The summed E-state index contributed by atoms with van der Waals surface area (Å²) in [6.07, 6.45) is -4.37. The molecular weight excluding hydrogens is 301 g/mol. The van der Waals surface area contributed by atoms with E-state index in [2.05, 4.69) is 4.98 Å². The van der Waals surface area contributed by atoms with E-state index in [9.17, 15) is 13.2 Å². The molecule has 1 aromatic heterocycles. The van der Waals surface area contributed by atoms with Crippen LogP contribution in [0.15, 0.2) is 42.5 Å². The topological polar surface area (TPSA) is 17.8 Å². The molecule has 0 spiro atoms. The van der Waals surface area contributed by atoms with Gasteiger partial charge in [-0.05, 0) is 30.3 Å². The van der Waals surface area contributed by atoms with Crippen LogP contribution >= 0.6 is 11.6 Å². The summed E-state index contributed by atoms with van der Waals surface area (Å²) in [5.41, 5.74) is 1.19. The van der Waals surface area contributed by atoms with Gasteiger partial charge in [0.2, 0.25) is 0 Å². The van der Waals surface area contributed by atoms with Gasteiger partial charge in [0.15, 0.2) is 0 Å². The number of imidazole rings is 1. The fourth-order valence-corrected chi connectivity index (χ4v) is 2.42. The maximum atomic E-state index is 12.8. The van der Waals surface area contributed by atoms with Gasteiger partial charge in [-0.2, -0.15) is 13.2 Å². The molecule has 3 rings (SSSR count). The van der Waals surface area contributed by atoms with Gasteiger partial charge in [-0.3, -0.25) is 0 Å². The SMILES string of the molecule is Cn1c(-c2cccc(C(F)(F)F)c2)nc2ccc(Cl)cc21. The minimum absolute atomic E-state index is 0.416. The van der Waals surface area contributed by atoms with Crippen LogP contribution in [-0.4, -0.2) is 9.55 Å². The predicted octanol–water partition coefficient (Wildman–Crippen LogP) is 4.91. The van der Waals surface area contributed by atoms with E-state index in [1.54, 1.807) is 35.9 Å². The van der Waals surface area contributed by atoms with Crippen molar-refractivity contribution in [3.8, 4) is 11.4 Å². The summed E-state index contributed by atoms with van der Waals surface area (Å²) in [5.74, 6) is 0.471. The second kappa shape index (κ2) is 4.77. The van der Waals surface area contributed by atoms with E-state index in [4.69, 9.17) is 11.6 Å². The quantitative estimate of drug-likeness (QED) is 0.624. The Morgan fingerprint density at radius 1 is 1.10 bits per heavy atom. The Bertz CT molecular complexity index is 821. The fraction of sp³-hybridized carbons (Fsp3) is 0.133. The number of hydrogen-bond donors (Lipinski definition) is 0. The van der Waals surface area contributed by atoms with Crippen LogP contribution in [0.2, 0.25) is 5.02 Å². The van der Waals surface area contributed by atoms with E-state index >= 15 is 0 Å². The largest absolute Gasteiger partial charge is 0.416 e. The summed E-state index contributed by atoms with van der Waals surface area (Å²) in [6, 6.07) is 10.3. The summed E-state index contributed by atoms with van der Waals surface area (Å²) >= 11 is 5.94. The van der Waals surface area contributed by atoms with Crippen molar-refractivity contribution in [1.82, 2.24) is 9.55 Å². The number of hydrogen-bond acceptors (Lipinski definition) is 1. The second-order valence-corrected chi connectivity index (χ2v) is 5.14. The zero-order valence-electron chi connectivity index (χ0n) is 10.9. The lowest BCUT2D eigenvalue weighted by atomic mass is 10.1. The first kappa shape index (κ1) is 13.9. The Balaban J connectivity index is 2.19. The van der Waals surface area contributed by atoms with Crippen LogP contribution in [-0.2, 0) is 13.2 Å². The summed E-state index contributed by atoms with van der Waals surface area (Å²) in [7, 11) is 1.75. The summed E-state index contributed by atoms with van der Waals surface area (Å²) in [6.45, 7) is 0. The molecule has 0 radical (unpaired) electrons. The zero-order valence-corrected chi connectivity index (χ0v) is 11.7. The third-order valence-corrected chi connectivity index (χ3v) is 3.53. The first-order valence-electron chi connectivity index (χ1n) is 6.16. The normalized spacial score (nSPS) is 12.0. The van der Waals surface area contributed by atoms with E-state index < -0.39 is 11.7 Å². The number of aromatic nitrogens is 2. The number of fused-ring (bicyclic) bond motifs is 1. The molecule has 0 atom stereocenters.